The smallest absolute Gasteiger partial charge is 0.242 e. The molecule has 0 amide bonds. The van der Waals surface area contributed by atoms with E-state index in [1.54, 1.807) is 13.1 Å². The summed E-state index contributed by atoms with van der Waals surface area (Å²) in [5.41, 5.74) is 0. The highest BCUT2D eigenvalue weighted by Gasteiger charge is 2.25. The first-order valence-corrected chi connectivity index (χ1v) is 6.53. The van der Waals surface area contributed by atoms with E-state index in [9.17, 15) is 4.11 Å². The summed E-state index contributed by atoms with van der Waals surface area (Å²) in [4.78, 5) is 0. The van der Waals surface area contributed by atoms with E-state index in [2.05, 4.69) is 0 Å². The van der Waals surface area contributed by atoms with Crippen LogP contribution in [-0.2, 0) is 0 Å². The zero-order valence-electron chi connectivity index (χ0n) is 6.76. The van der Waals surface area contributed by atoms with Gasteiger partial charge in [0.25, 0.3) is 0 Å². The lowest BCUT2D eigenvalue weighted by Crippen LogP contribution is -2.21. The standard InChI is InChI=1S/C7H11FN2Si/c1-11(2,8)6-7(5-10)3-4-9/h7H,3,6H2,1-2H3. The predicted molar refractivity (Wildman–Crippen MR) is 42.7 cm³/mol. The van der Waals surface area contributed by atoms with Gasteiger partial charge in [0.2, 0.25) is 8.41 Å². The lowest BCUT2D eigenvalue weighted by Gasteiger charge is -2.12. The lowest BCUT2D eigenvalue weighted by molar-refractivity contribution is 0.692. The third-order valence-electron chi connectivity index (χ3n) is 1.25. The lowest BCUT2D eigenvalue weighted by atomic mass is 10.1. The average Bonchev–Trinajstić information content (AvgIpc) is 1.84. The van der Waals surface area contributed by atoms with Crippen LogP contribution in [0.15, 0.2) is 0 Å². The monoisotopic (exact) mass is 170 g/mol. The Kier molecular flexibility index (Phi) is 3.77. The molecule has 0 N–H and O–H groups in total. The van der Waals surface area contributed by atoms with Crippen LogP contribution in [0, 0.1) is 28.6 Å². The Morgan fingerprint density at radius 2 is 2.00 bits per heavy atom. The summed E-state index contributed by atoms with van der Waals surface area (Å²) in [6.45, 7) is 3.10. The molecule has 0 saturated carbocycles. The molecule has 2 nitrogen and oxygen atoms in total. The van der Waals surface area contributed by atoms with Crippen LogP contribution in [-0.4, -0.2) is 8.41 Å². The van der Waals surface area contributed by atoms with Gasteiger partial charge >= 0.3 is 0 Å². The van der Waals surface area contributed by atoms with Crippen molar-refractivity contribution in [3.8, 4) is 12.1 Å². The molecule has 1 unspecified atom stereocenters. The van der Waals surface area contributed by atoms with Crippen molar-refractivity contribution in [3.63, 3.8) is 0 Å². The molecule has 0 aliphatic heterocycles. The highest BCUT2D eigenvalue weighted by molar-refractivity contribution is 6.70. The first-order chi connectivity index (χ1) is 4.99. The van der Waals surface area contributed by atoms with Gasteiger partial charge in [-0.15, -0.1) is 0 Å². The average molecular weight is 170 g/mol. The fraction of sp³-hybridized carbons (Fsp3) is 0.714. The predicted octanol–water partition coefficient (Wildman–Crippen LogP) is 2.21. The maximum atomic E-state index is 13.0. The van der Waals surface area contributed by atoms with Crippen molar-refractivity contribution in [2.75, 3.05) is 0 Å². The topological polar surface area (TPSA) is 47.6 Å². The molecule has 0 saturated heterocycles. The molecule has 11 heavy (non-hydrogen) atoms. The van der Waals surface area contributed by atoms with Crippen LogP contribution in [0.3, 0.4) is 0 Å². The molecule has 0 heterocycles. The second kappa shape index (κ2) is 4.10. The molecular weight excluding hydrogens is 159 g/mol. The van der Waals surface area contributed by atoms with Crippen LogP contribution < -0.4 is 0 Å². The summed E-state index contributed by atoms with van der Waals surface area (Å²) in [7, 11) is -2.65. The van der Waals surface area contributed by atoms with Crippen molar-refractivity contribution in [2.24, 2.45) is 5.92 Å². The molecule has 0 bridgehead atoms. The molecule has 0 aromatic heterocycles. The van der Waals surface area contributed by atoms with Crippen LogP contribution in [0.5, 0.6) is 0 Å². The number of rotatable bonds is 3. The highest BCUT2D eigenvalue weighted by Crippen LogP contribution is 2.19. The van der Waals surface area contributed by atoms with Crippen molar-refractivity contribution >= 4 is 8.41 Å². The van der Waals surface area contributed by atoms with Gasteiger partial charge in [-0.05, 0) is 19.1 Å². The van der Waals surface area contributed by atoms with E-state index in [-0.39, 0.29) is 12.5 Å². The molecular formula is C7H11FN2Si. The van der Waals surface area contributed by atoms with Crippen molar-refractivity contribution in [2.45, 2.75) is 25.6 Å². The summed E-state index contributed by atoms with van der Waals surface area (Å²) in [6, 6.07) is 4.08. The minimum absolute atomic E-state index is 0.150. The van der Waals surface area contributed by atoms with E-state index in [1.807, 2.05) is 12.1 Å². The van der Waals surface area contributed by atoms with Gasteiger partial charge < -0.3 is 4.11 Å². The van der Waals surface area contributed by atoms with Crippen molar-refractivity contribution in [3.05, 3.63) is 0 Å². The summed E-state index contributed by atoms with van der Waals surface area (Å²) in [6.07, 6.45) is 0.150. The molecule has 1 atom stereocenters. The Hall–Kier alpha value is -0.873. The highest BCUT2D eigenvalue weighted by atomic mass is 28.4. The minimum Gasteiger partial charge on any atom is -0.314 e. The van der Waals surface area contributed by atoms with Crippen molar-refractivity contribution < 1.29 is 4.11 Å². The zero-order valence-corrected chi connectivity index (χ0v) is 7.76. The molecule has 0 rings (SSSR count). The van der Waals surface area contributed by atoms with Crippen molar-refractivity contribution in [1.29, 1.82) is 10.5 Å². The van der Waals surface area contributed by atoms with Gasteiger partial charge in [0, 0.05) is 0 Å². The van der Waals surface area contributed by atoms with Gasteiger partial charge in [0.15, 0.2) is 0 Å². The molecule has 0 aromatic rings. The first-order valence-electron chi connectivity index (χ1n) is 3.45. The van der Waals surface area contributed by atoms with Gasteiger partial charge in [-0.3, -0.25) is 0 Å². The molecule has 0 aliphatic rings. The van der Waals surface area contributed by atoms with Gasteiger partial charge in [-0.2, -0.15) is 10.5 Å². The normalized spacial score (nSPS) is 13.2. The van der Waals surface area contributed by atoms with Crippen LogP contribution >= 0.6 is 0 Å². The molecule has 0 spiro atoms. The SMILES string of the molecule is C[Si](C)(F)CC(C#N)CC#N. The van der Waals surface area contributed by atoms with E-state index >= 15 is 0 Å². The Labute approximate surface area is 67.4 Å². The number of hydrogen-bond donors (Lipinski definition) is 0. The van der Waals surface area contributed by atoms with E-state index in [0.29, 0.717) is 0 Å². The molecule has 0 fully saturated rings. The minimum atomic E-state index is -2.65. The number of nitrogens with zero attached hydrogens (tertiary/aromatic N) is 2. The maximum Gasteiger partial charge on any atom is 0.242 e. The maximum absolute atomic E-state index is 13.0. The van der Waals surface area contributed by atoms with Gasteiger partial charge in [-0.1, -0.05) is 0 Å². The largest absolute Gasteiger partial charge is 0.314 e. The van der Waals surface area contributed by atoms with Crippen molar-refractivity contribution in [1.82, 2.24) is 0 Å². The third-order valence-corrected chi connectivity index (χ3v) is 2.72. The Balaban J connectivity index is 3.93. The molecule has 0 radical (unpaired) electrons. The van der Waals surface area contributed by atoms with Gasteiger partial charge in [-0.25, -0.2) is 0 Å². The fourth-order valence-corrected chi connectivity index (χ4v) is 2.27. The summed E-state index contributed by atoms with van der Waals surface area (Å²) < 4.78 is 13.0. The Bertz CT molecular complexity index is 196. The molecule has 0 aliphatic carbocycles. The summed E-state index contributed by atoms with van der Waals surface area (Å²) in [5, 5.41) is 16.7. The number of hydrogen-bond acceptors (Lipinski definition) is 2. The van der Waals surface area contributed by atoms with Crippen LogP contribution in [0.1, 0.15) is 6.42 Å². The molecule has 4 heteroatoms. The van der Waals surface area contributed by atoms with Gasteiger partial charge in [0.1, 0.15) is 0 Å². The quantitative estimate of drug-likeness (QED) is 0.481. The Morgan fingerprint density at radius 3 is 2.27 bits per heavy atom. The number of nitriles is 2. The second-order valence-corrected chi connectivity index (χ2v) is 6.96. The third kappa shape index (κ3) is 5.57. The Morgan fingerprint density at radius 1 is 1.45 bits per heavy atom. The summed E-state index contributed by atoms with van der Waals surface area (Å²) >= 11 is 0. The van der Waals surface area contributed by atoms with E-state index < -0.39 is 14.3 Å². The first kappa shape index (κ1) is 10.1. The van der Waals surface area contributed by atoms with E-state index in [0.717, 1.165) is 0 Å². The van der Waals surface area contributed by atoms with E-state index in [4.69, 9.17) is 10.5 Å². The van der Waals surface area contributed by atoms with Crippen LogP contribution in [0.2, 0.25) is 19.1 Å². The number of halogens is 1. The zero-order chi connectivity index (χ0) is 8.91. The van der Waals surface area contributed by atoms with E-state index in [1.165, 1.54) is 0 Å². The van der Waals surface area contributed by atoms with Gasteiger partial charge in [0.05, 0.1) is 24.5 Å². The summed E-state index contributed by atoms with van der Waals surface area (Å²) in [5.74, 6) is -0.410. The van der Waals surface area contributed by atoms with Crippen LogP contribution in [0.4, 0.5) is 4.11 Å². The second-order valence-electron chi connectivity index (χ2n) is 3.11. The molecule has 60 valence electrons. The van der Waals surface area contributed by atoms with Crippen LogP contribution in [0.25, 0.3) is 0 Å². The molecule has 0 aromatic carbocycles. The fourth-order valence-electron chi connectivity index (χ4n) is 0.860.